The fraction of sp³-hybridized carbons (Fsp3) is 0.643. The molecule has 8 heteroatoms. The van der Waals surface area contributed by atoms with E-state index in [0.717, 1.165) is 37.0 Å². The first-order valence-electron chi connectivity index (χ1n) is 7.38. The molecule has 2 atom stereocenters. The number of amides is 2. The summed E-state index contributed by atoms with van der Waals surface area (Å²) in [7, 11) is -3.82. The van der Waals surface area contributed by atoms with Crippen LogP contribution in [0, 0.1) is 12.3 Å². The van der Waals surface area contributed by atoms with Gasteiger partial charge in [-0.15, -0.1) is 11.3 Å². The third kappa shape index (κ3) is 2.43. The highest BCUT2D eigenvalue weighted by Gasteiger charge is 2.51. The average molecular weight is 344 g/mol. The fourth-order valence-electron chi connectivity index (χ4n) is 3.76. The van der Waals surface area contributed by atoms with Crippen molar-refractivity contribution in [1.29, 1.82) is 0 Å². The van der Waals surface area contributed by atoms with E-state index < -0.39 is 16.1 Å². The number of rotatable bonds is 3. The second-order valence-electron chi connectivity index (χ2n) is 6.17. The number of nitrogens with zero attached hydrogens (tertiary/aromatic N) is 1. The van der Waals surface area contributed by atoms with Crippen molar-refractivity contribution in [2.24, 2.45) is 5.41 Å². The molecule has 0 aromatic carbocycles. The number of sulfonamides is 1. The van der Waals surface area contributed by atoms with Gasteiger partial charge in [-0.2, -0.15) is 0 Å². The molecule has 3 rings (SSSR count). The Labute approximate surface area is 134 Å². The fourth-order valence-corrected chi connectivity index (χ4v) is 6.14. The summed E-state index contributed by atoms with van der Waals surface area (Å²) in [6.07, 6.45) is 3.42. The molecular formula is C14H20N2O4S2. The van der Waals surface area contributed by atoms with Gasteiger partial charge in [-0.3, -0.25) is 0 Å². The van der Waals surface area contributed by atoms with Crippen molar-refractivity contribution in [2.75, 3.05) is 13.2 Å². The zero-order valence-electron chi connectivity index (χ0n) is 12.4. The van der Waals surface area contributed by atoms with E-state index in [0.29, 0.717) is 12.1 Å². The lowest BCUT2D eigenvalue weighted by Crippen LogP contribution is -2.47. The van der Waals surface area contributed by atoms with Gasteiger partial charge in [0.15, 0.2) is 0 Å². The maximum Gasteiger partial charge on any atom is 0.331 e. The number of hydrogen-bond donors (Lipinski definition) is 2. The second-order valence-corrected chi connectivity index (χ2v) is 8.97. The molecule has 0 radical (unpaired) electrons. The van der Waals surface area contributed by atoms with Gasteiger partial charge in [-0.05, 0) is 43.2 Å². The van der Waals surface area contributed by atoms with Gasteiger partial charge in [0.1, 0.15) is 4.21 Å². The number of carbonyl (C=O) groups excluding carboxylic acids is 1. The van der Waals surface area contributed by atoms with Gasteiger partial charge in [-0.25, -0.2) is 17.9 Å². The van der Waals surface area contributed by atoms with Gasteiger partial charge in [0.25, 0.3) is 10.0 Å². The Balaban J connectivity index is 1.77. The Bertz CT molecular complexity index is 685. The zero-order chi connectivity index (χ0) is 16.0. The Morgan fingerprint density at radius 1 is 1.55 bits per heavy atom. The molecule has 1 aliphatic heterocycles. The molecule has 1 aliphatic carbocycles. The van der Waals surface area contributed by atoms with E-state index in [1.54, 1.807) is 23.3 Å². The minimum absolute atomic E-state index is 0.0538. The van der Waals surface area contributed by atoms with E-state index in [2.05, 4.69) is 4.72 Å². The number of hydrogen-bond acceptors (Lipinski definition) is 5. The summed E-state index contributed by atoms with van der Waals surface area (Å²) in [5.74, 6) is 0. The maximum atomic E-state index is 12.4. The Morgan fingerprint density at radius 2 is 2.32 bits per heavy atom. The number of carbonyl (C=O) groups is 1. The predicted molar refractivity (Wildman–Crippen MR) is 83.3 cm³/mol. The lowest BCUT2D eigenvalue weighted by Gasteiger charge is -2.30. The number of aliphatic hydroxyl groups excluding tert-OH is 1. The van der Waals surface area contributed by atoms with Crippen LogP contribution in [0.3, 0.4) is 0 Å². The summed E-state index contributed by atoms with van der Waals surface area (Å²) in [4.78, 5) is 14.0. The molecule has 2 N–H and O–H groups in total. The van der Waals surface area contributed by atoms with Gasteiger partial charge in [0.2, 0.25) is 0 Å². The second kappa shape index (κ2) is 5.50. The van der Waals surface area contributed by atoms with Gasteiger partial charge in [0.05, 0.1) is 6.61 Å². The lowest BCUT2D eigenvalue weighted by atomic mass is 9.83. The van der Waals surface area contributed by atoms with Gasteiger partial charge in [0, 0.05) is 18.0 Å². The quantitative estimate of drug-likeness (QED) is 0.874. The van der Waals surface area contributed by atoms with E-state index in [-0.39, 0.29) is 22.3 Å². The number of nitrogens with one attached hydrogen (secondary N) is 1. The van der Waals surface area contributed by atoms with Crippen molar-refractivity contribution >= 4 is 27.4 Å². The topological polar surface area (TPSA) is 86.7 Å². The van der Waals surface area contributed by atoms with E-state index in [1.807, 2.05) is 0 Å². The van der Waals surface area contributed by atoms with Crippen LogP contribution in [0.4, 0.5) is 4.79 Å². The van der Waals surface area contributed by atoms with Crippen LogP contribution in [0.15, 0.2) is 15.7 Å². The molecule has 0 spiro atoms. The summed E-state index contributed by atoms with van der Waals surface area (Å²) in [5, 5.41) is 11.4. The van der Waals surface area contributed by atoms with Crippen molar-refractivity contribution in [1.82, 2.24) is 9.62 Å². The molecule has 0 bridgehead atoms. The number of fused-ring (bicyclic) bond motifs is 1. The maximum absolute atomic E-state index is 12.4. The highest BCUT2D eigenvalue weighted by molar-refractivity contribution is 7.92. The number of likely N-dealkylation sites (tertiary alicyclic amines) is 1. The first-order valence-corrected chi connectivity index (χ1v) is 9.74. The summed E-state index contributed by atoms with van der Waals surface area (Å²) in [5.41, 5.74) is 0.400. The van der Waals surface area contributed by atoms with Crippen LogP contribution >= 0.6 is 11.3 Å². The molecule has 2 amide bonds. The molecule has 0 unspecified atom stereocenters. The summed E-state index contributed by atoms with van der Waals surface area (Å²) < 4.78 is 27.0. The number of aryl methyl sites for hydroxylation is 1. The monoisotopic (exact) mass is 344 g/mol. The van der Waals surface area contributed by atoms with Gasteiger partial charge >= 0.3 is 6.03 Å². The summed E-state index contributed by atoms with van der Waals surface area (Å²) in [6.45, 7) is 2.26. The standard InChI is InChI=1S/C14H20N2O4S2/c1-10-4-8-21-12(10)22(19,20)15-13(18)16-7-6-14(9-17)5-2-3-11(14)16/h4,8,11,17H,2-3,5-7,9H2,1H3,(H,15,18)/t11-,14-/m1/s1. The largest absolute Gasteiger partial charge is 0.396 e. The van der Waals surface area contributed by atoms with Gasteiger partial charge < -0.3 is 10.0 Å². The summed E-state index contributed by atoms with van der Waals surface area (Å²) >= 11 is 1.10. The minimum atomic E-state index is -3.82. The molecule has 22 heavy (non-hydrogen) atoms. The van der Waals surface area contributed by atoms with E-state index in [4.69, 9.17) is 0 Å². The molecule has 122 valence electrons. The van der Waals surface area contributed by atoms with Crippen LogP contribution in [0.5, 0.6) is 0 Å². The zero-order valence-corrected chi connectivity index (χ0v) is 14.0. The predicted octanol–water partition coefficient (Wildman–Crippen LogP) is 1.69. The molecule has 1 aromatic heterocycles. The van der Waals surface area contributed by atoms with Crippen molar-refractivity contribution in [3.8, 4) is 0 Å². The van der Waals surface area contributed by atoms with Crippen molar-refractivity contribution < 1.29 is 18.3 Å². The van der Waals surface area contributed by atoms with Crippen LogP contribution in [0.1, 0.15) is 31.2 Å². The molecule has 2 fully saturated rings. The highest BCUT2D eigenvalue weighted by atomic mass is 32.2. The van der Waals surface area contributed by atoms with Crippen LogP contribution in [-0.2, 0) is 10.0 Å². The number of aliphatic hydroxyl groups is 1. The van der Waals surface area contributed by atoms with Crippen molar-refractivity contribution in [2.45, 2.75) is 42.9 Å². The molecule has 2 aliphatic rings. The molecule has 1 aromatic rings. The number of thiophene rings is 1. The lowest BCUT2D eigenvalue weighted by molar-refractivity contribution is 0.106. The third-order valence-corrected chi connectivity index (χ3v) is 7.95. The normalized spacial score (nSPS) is 27.9. The average Bonchev–Trinajstić information content (AvgIpc) is 3.11. The smallest absolute Gasteiger partial charge is 0.331 e. The molecular weight excluding hydrogens is 324 g/mol. The Kier molecular flexibility index (Phi) is 3.94. The van der Waals surface area contributed by atoms with Crippen LogP contribution in [-0.4, -0.2) is 43.6 Å². The molecule has 1 saturated heterocycles. The molecule has 6 nitrogen and oxygen atoms in total. The Morgan fingerprint density at radius 3 is 2.95 bits per heavy atom. The van der Waals surface area contributed by atoms with Crippen LogP contribution in [0.2, 0.25) is 0 Å². The highest BCUT2D eigenvalue weighted by Crippen LogP contribution is 2.48. The van der Waals surface area contributed by atoms with Crippen molar-refractivity contribution in [3.05, 3.63) is 17.0 Å². The molecule has 1 saturated carbocycles. The first kappa shape index (κ1) is 15.8. The Hall–Kier alpha value is -1.12. The van der Waals surface area contributed by atoms with E-state index in [1.165, 1.54) is 0 Å². The number of urea groups is 1. The van der Waals surface area contributed by atoms with E-state index >= 15 is 0 Å². The van der Waals surface area contributed by atoms with E-state index in [9.17, 15) is 18.3 Å². The van der Waals surface area contributed by atoms with Crippen LogP contribution in [0.25, 0.3) is 0 Å². The molecule has 2 heterocycles. The first-order chi connectivity index (χ1) is 10.4. The summed E-state index contributed by atoms with van der Waals surface area (Å²) in [6, 6.07) is 1.08. The van der Waals surface area contributed by atoms with Gasteiger partial charge in [-0.1, -0.05) is 6.42 Å². The third-order valence-electron chi connectivity index (χ3n) is 4.94. The van der Waals surface area contributed by atoms with Crippen LogP contribution < -0.4 is 4.72 Å². The minimum Gasteiger partial charge on any atom is -0.396 e. The van der Waals surface area contributed by atoms with Crippen molar-refractivity contribution in [3.63, 3.8) is 0 Å². The SMILES string of the molecule is Cc1ccsc1S(=O)(=O)NC(=O)N1CC[C@@]2(CO)CCC[C@@H]12.